The van der Waals surface area contributed by atoms with Crippen LogP contribution in [0.5, 0.6) is 5.75 Å². The fourth-order valence-electron chi connectivity index (χ4n) is 1.86. The van der Waals surface area contributed by atoms with Crippen molar-refractivity contribution in [2.24, 2.45) is 0 Å². The topological polar surface area (TPSA) is 35.0 Å². The van der Waals surface area contributed by atoms with Crippen LogP contribution in [0, 0.1) is 6.92 Å². The Bertz CT molecular complexity index is 627. The van der Waals surface area contributed by atoms with Crippen LogP contribution in [0.3, 0.4) is 0 Å². The maximum atomic E-state index is 6.22. The molecular formula is C15H15ClN2OS. The summed E-state index contributed by atoms with van der Waals surface area (Å²) in [4.78, 5) is 10.2. The van der Waals surface area contributed by atoms with Gasteiger partial charge in [0.1, 0.15) is 21.8 Å². The Hall–Kier alpha value is -1.26. The molecule has 20 heavy (non-hydrogen) atoms. The highest BCUT2D eigenvalue weighted by molar-refractivity contribution is 7.99. The van der Waals surface area contributed by atoms with Crippen LogP contribution in [0.4, 0.5) is 0 Å². The Kier molecular flexibility index (Phi) is 3.85. The molecule has 0 saturated heterocycles. The third-order valence-electron chi connectivity index (χ3n) is 3.28. The van der Waals surface area contributed by atoms with Gasteiger partial charge in [-0.05, 0) is 44.0 Å². The van der Waals surface area contributed by atoms with Crippen molar-refractivity contribution < 1.29 is 4.74 Å². The summed E-state index contributed by atoms with van der Waals surface area (Å²) in [6, 6.07) is 7.94. The van der Waals surface area contributed by atoms with Gasteiger partial charge in [0.25, 0.3) is 0 Å². The molecule has 1 aliphatic carbocycles. The first-order valence-electron chi connectivity index (χ1n) is 6.53. The maximum absolute atomic E-state index is 6.22. The van der Waals surface area contributed by atoms with Gasteiger partial charge in [-0.1, -0.05) is 23.4 Å². The first-order chi connectivity index (χ1) is 9.67. The molecule has 0 atom stereocenters. The maximum Gasteiger partial charge on any atom is 0.136 e. The van der Waals surface area contributed by atoms with Crippen molar-refractivity contribution >= 4 is 23.4 Å². The molecule has 0 spiro atoms. The molecule has 3 nitrogen and oxygen atoms in total. The number of hydrogen-bond donors (Lipinski definition) is 0. The highest BCUT2D eigenvalue weighted by atomic mass is 35.5. The van der Waals surface area contributed by atoms with E-state index < -0.39 is 0 Å². The smallest absolute Gasteiger partial charge is 0.136 e. The normalized spacial score (nSPS) is 14.3. The Morgan fingerprint density at radius 2 is 1.90 bits per heavy atom. The highest BCUT2D eigenvalue weighted by Gasteiger charge is 2.28. The van der Waals surface area contributed by atoms with Crippen LogP contribution in [0.2, 0.25) is 5.15 Å². The fourth-order valence-corrected chi connectivity index (χ4v) is 2.98. The molecule has 3 rings (SSSR count). The van der Waals surface area contributed by atoms with Gasteiger partial charge in [0.2, 0.25) is 0 Å². The molecule has 5 heteroatoms. The van der Waals surface area contributed by atoms with Gasteiger partial charge in [-0.2, -0.15) is 0 Å². The first-order valence-corrected chi connectivity index (χ1v) is 7.73. The van der Waals surface area contributed by atoms with Gasteiger partial charge in [0.15, 0.2) is 0 Å². The average molecular weight is 307 g/mol. The SMILES string of the molecule is COc1ccc(Sc2nc(C3CC3)nc(Cl)c2C)cc1. The number of nitrogens with zero attached hydrogens (tertiary/aromatic N) is 2. The lowest BCUT2D eigenvalue weighted by Gasteiger charge is -2.09. The summed E-state index contributed by atoms with van der Waals surface area (Å²) in [5, 5.41) is 1.51. The third-order valence-corrected chi connectivity index (χ3v) is 4.74. The molecule has 1 aromatic heterocycles. The van der Waals surface area contributed by atoms with E-state index in [2.05, 4.69) is 9.97 Å². The Balaban J connectivity index is 1.88. The van der Waals surface area contributed by atoms with Gasteiger partial charge >= 0.3 is 0 Å². The molecule has 0 radical (unpaired) electrons. The lowest BCUT2D eigenvalue weighted by molar-refractivity contribution is 0.414. The van der Waals surface area contributed by atoms with E-state index in [9.17, 15) is 0 Å². The summed E-state index contributed by atoms with van der Waals surface area (Å²) in [5.74, 6) is 2.24. The zero-order valence-corrected chi connectivity index (χ0v) is 13.0. The van der Waals surface area contributed by atoms with Crippen molar-refractivity contribution in [2.75, 3.05) is 7.11 Å². The number of rotatable bonds is 4. The van der Waals surface area contributed by atoms with Gasteiger partial charge in [0.05, 0.1) is 7.11 Å². The quantitative estimate of drug-likeness (QED) is 0.780. The van der Waals surface area contributed by atoms with E-state index in [1.807, 2.05) is 31.2 Å². The lowest BCUT2D eigenvalue weighted by atomic mass is 10.3. The summed E-state index contributed by atoms with van der Waals surface area (Å²) < 4.78 is 5.17. The number of hydrogen-bond acceptors (Lipinski definition) is 4. The third kappa shape index (κ3) is 2.91. The Morgan fingerprint density at radius 1 is 1.20 bits per heavy atom. The predicted molar refractivity (Wildman–Crippen MR) is 80.9 cm³/mol. The van der Waals surface area contributed by atoms with E-state index in [0.717, 1.165) is 27.1 Å². The van der Waals surface area contributed by atoms with Gasteiger partial charge in [-0.3, -0.25) is 0 Å². The highest BCUT2D eigenvalue weighted by Crippen LogP contribution is 2.40. The van der Waals surface area contributed by atoms with Crippen molar-refractivity contribution in [1.29, 1.82) is 0 Å². The van der Waals surface area contributed by atoms with Crippen molar-refractivity contribution in [3.63, 3.8) is 0 Å². The van der Waals surface area contributed by atoms with Crippen LogP contribution in [-0.4, -0.2) is 17.1 Å². The summed E-state index contributed by atoms with van der Waals surface area (Å²) in [7, 11) is 1.67. The summed E-state index contributed by atoms with van der Waals surface area (Å²) in [5.41, 5.74) is 0.942. The largest absolute Gasteiger partial charge is 0.497 e. The second-order valence-electron chi connectivity index (χ2n) is 4.85. The van der Waals surface area contributed by atoms with Gasteiger partial charge < -0.3 is 4.74 Å². The predicted octanol–water partition coefficient (Wildman–Crippen LogP) is 4.48. The molecule has 0 bridgehead atoms. The molecule has 1 heterocycles. The van der Waals surface area contributed by atoms with E-state index in [1.165, 1.54) is 12.8 Å². The number of methoxy groups -OCH3 is 1. The van der Waals surface area contributed by atoms with E-state index in [0.29, 0.717) is 11.1 Å². The van der Waals surface area contributed by atoms with Crippen molar-refractivity contribution in [2.45, 2.75) is 35.6 Å². The molecule has 1 fully saturated rings. The Morgan fingerprint density at radius 3 is 2.50 bits per heavy atom. The zero-order valence-electron chi connectivity index (χ0n) is 11.4. The zero-order chi connectivity index (χ0) is 14.1. The molecule has 1 saturated carbocycles. The van der Waals surface area contributed by atoms with E-state index in [-0.39, 0.29) is 0 Å². The summed E-state index contributed by atoms with van der Waals surface area (Å²) in [6.45, 7) is 1.96. The van der Waals surface area contributed by atoms with Crippen LogP contribution < -0.4 is 4.74 Å². The van der Waals surface area contributed by atoms with Crippen molar-refractivity contribution in [3.05, 3.63) is 40.8 Å². The standard InChI is InChI=1S/C15H15ClN2OS/c1-9-13(16)17-14(10-3-4-10)18-15(9)20-12-7-5-11(19-2)6-8-12/h5-8,10H,3-4H2,1-2H3. The number of halogens is 1. The van der Waals surface area contributed by atoms with Crippen molar-refractivity contribution in [3.8, 4) is 5.75 Å². The van der Waals surface area contributed by atoms with E-state index in [1.54, 1.807) is 18.9 Å². The van der Waals surface area contributed by atoms with E-state index >= 15 is 0 Å². The molecule has 1 aliphatic rings. The van der Waals surface area contributed by atoms with Gasteiger partial charge in [0, 0.05) is 16.4 Å². The number of ether oxygens (including phenoxy) is 1. The molecule has 104 valence electrons. The fraction of sp³-hybridized carbons (Fsp3) is 0.333. The van der Waals surface area contributed by atoms with Crippen molar-refractivity contribution in [1.82, 2.24) is 9.97 Å². The Labute approximate surface area is 127 Å². The minimum atomic E-state index is 0.503. The first kappa shape index (κ1) is 13.7. The molecule has 1 aromatic carbocycles. The second kappa shape index (κ2) is 5.62. The molecule has 0 unspecified atom stereocenters. The second-order valence-corrected chi connectivity index (χ2v) is 6.27. The number of benzene rings is 1. The van der Waals surface area contributed by atoms with Gasteiger partial charge in [-0.25, -0.2) is 9.97 Å². The van der Waals surface area contributed by atoms with Gasteiger partial charge in [-0.15, -0.1) is 0 Å². The molecule has 0 aliphatic heterocycles. The van der Waals surface area contributed by atoms with Crippen LogP contribution in [-0.2, 0) is 0 Å². The van der Waals surface area contributed by atoms with Crippen LogP contribution in [0.1, 0.15) is 30.1 Å². The van der Waals surface area contributed by atoms with E-state index in [4.69, 9.17) is 16.3 Å². The van der Waals surface area contributed by atoms with Crippen LogP contribution >= 0.6 is 23.4 Å². The summed E-state index contributed by atoms with van der Waals surface area (Å²) >= 11 is 7.84. The van der Waals surface area contributed by atoms with Crippen LogP contribution in [0.25, 0.3) is 0 Å². The molecular weight excluding hydrogens is 292 g/mol. The molecule has 0 amide bonds. The monoisotopic (exact) mass is 306 g/mol. The van der Waals surface area contributed by atoms with Crippen LogP contribution in [0.15, 0.2) is 34.2 Å². The number of aromatic nitrogens is 2. The average Bonchev–Trinajstić information content (AvgIpc) is 3.29. The molecule has 2 aromatic rings. The molecule has 0 N–H and O–H groups in total. The minimum absolute atomic E-state index is 0.503. The minimum Gasteiger partial charge on any atom is -0.497 e. The lowest BCUT2D eigenvalue weighted by Crippen LogP contribution is -1.98. The summed E-state index contributed by atoms with van der Waals surface area (Å²) in [6.07, 6.45) is 2.35.